The van der Waals surface area contributed by atoms with Crippen LogP contribution in [0.1, 0.15) is 5.56 Å². The predicted molar refractivity (Wildman–Crippen MR) is 48.6 cm³/mol. The van der Waals surface area contributed by atoms with Gasteiger partial charge in [-0.05, 0) is 12.5 Å². The molecule has 0 N–H and O–H groups in total. The van der Waals surface area contributed by atoms with Crippen LogP contribution < -0.4 is 4.74 Å². The molecule has 13 heavy (non-hydrogen) atoms. The largest absolute Gasteiger partial charge is 0.481 e. The molecule has 0 saturated carbocycles. The summed E-state index contributed by atoms with van der Waals surface area (Å²) in [6.45, 7) is 1.62. The molecule has 1 aromatic heterocycles. The monoisotopic (exact) mass is 221 g/mol. The van der Waals surface area contributed by atoms with Crippen molar-refractivity contribution in [2.24, 2.45) is 0 Å². The van der Waals surface area contributed by atoms with Gasteiger partial charge in [0, 0.05) is 16.7 Å². The number of halogens is 1. The van der Waals surface area contributed by atoms with Crippen LogP contribution in [0, 0.1) is 6.92 Å². The van der Waals surface area contributed by atoms with E-state index in [1.807, 2.05) is 0 Å². The Labute approximate surface area is 80.9 Å². The van der Waals surface area contributed by atoms with Crippen molar-refractivity contribution in [3.05, 3.63) is 17.8 Å². The van der Waals surface area contributed by atoms with E-state index in [4.69, 9.17) is 15.4 Å². The maximum atomic E-state index is 10.9. The summed E-state index contributed by atoms with van der Waals surface area (Å²) >= 11 is 0. The first-order valence-electron chi connectivity index (χ1n) is 3.40. The number of ether oxygens (including phenoxy) is 1. The van der Waals surface area contributed by atoms with E-state index in [1.54, 1.807) is 6.92 Å². The van der Waals surface area contributed by atoms with Crippen molar-refractivity contribution in [3.8, 4) is 5.88 Å². The predicted octanol–water partition coefficient (Wildman–Crippen LogP) is 1.33. The second-order valence-electron chi connectivity index (χ2n) is 2.43. The summed E-state index contributed by atoms with van der Waals surface area (Å²) in [6.07, 6.45) is 1.18. The summed E-state index contributed by atoms with van der Waals surface area (Å²) in [5.41, 5.74) is 0.516. The summed E-state index contributed by atoms with van der Waals surface area (Å²) in [4.78, 5) is 3.75. The average Bonchev–Trinajstić information content (AvgIpc) is 2.01. The van der Waals surface area contributed by atoms with Gasteiger partial charge < -0.3 is 4.74 Å². The summed E-state index contributed by atoms with van der Waals surface area (Å²) in [7, 11) is 2.90. The molecular weight excluding hydrogens is 214 g/mol. The van der Waals surface area contributed by atoms with Gasteiger partial charge in [-0.1, -0.05) is 0 Å². The van der Waals surface area contributed by atoms with Crippen LogP contribution in [0.4, 0.5) is 0 Å². The summed E-state index contributed by atoms with van der Waals surface area (Å²) < 4.78 is 26.7. The molecule has 0 spiro atoms. The molecule has 0 atom stereocenters. The first-order chi connectivity index (χ1) is 5.95. The Kier molecular flexibility index (Phi) is 2.77. The van der Waals surface area contributed by atoms with Crippen LogP contribution in [-0.4, -0.2) is 20.5 Å². The Morgan fingerprint density at radius 2 is 2.15 bits per heavy atom. The van der Waals surface area contributed by atoms with Crippen molar-refractivity contribution in [2.45, 2.75) is 11.8 Å². The number of hydrogen-bond donors (Lipinski definition) is 0. The molecular formula is C7H8ClNO3S. The zero-order valence-electron chi connectivity index (χ0n) is 7.11. The molecule has 0 fully saturated rings. The normalized spacial score (nSPS) is 11.3. The third-order valence-electron chi connectivity index (χ3n) is 1.51. The van der Waals surface area contributed by atoms with E-state index in [2.05, 4.69) is 4.98 Å². The van der Waals surface area contributed by atoms with E-state index in [9.17, 15) is 8.42 Å². The van der Waals surface area contributed by atoms with E-state index >= 15 is 0 Å². The van der Waals surface area contributed by atoms with Gasteiger partial charge in [0.25, 0.3) is 9.05 Å². The zero-order valence-corrected chi connectivity index (χ0v) is 8.69. The van der Waals surface area contributed by atoms with Crippen LogP contribution in [0.2, 0.25) is 0 Å². The summed E-state index contributed by atoms with van der Waals surface area (Å²) in [5, 5.41) is 0. The van der Waals surface area contributed by atoms with Crippen molar-refractivity contribution >= 4 is 19.7 Å². The SMILES string of the molecule is COc1cc(C)c(S(=O)(=O)Cl)cn1. The van der Waals surface area contributed by atoms with Crippen LogP contribution in [0.25, 0.3) is 0 Å². The van der Waals surface area contributed by atoms with Crippen molar-refractivity contribution in [3.63, 3.8) is 0 Å². The summed E-state index contributed by atoms with van der Waals surface area (Å²) in [5.74, 6) is 0.363. The highest BCUT2D eigenvalue weighted by Gasteiger charge is 2.14. The van der Waals surface area contributed by atoms with E-state index in [0.29, 0.717) is 11.4 Å². The minimum absolute atomic E-state index is 0.00923. The minimum Gasteiger partial charge on any atom is -0.481 e. The van der Waals surface area contributed by atoms with Crippen LogP contribution >= 0.6 is 10.7 Å². The zero-order chi connectivity index (χ0) is 10.1. The standard InChI is InChI=1S/C7H8ClNO3S/c1-5-3-7(12-2)9-4-6(5)13(8,10)11/h3-4H,1-2H3. The van der Waals surface area contributed by atoms with E-state index in [-0.39, 0.29) is 4.90 Å². The third-order valence-corrected chi connectivity index (χ3v) is 2.96. The Morgan fingerprint density at radius 1 is 1.54 bits per heavy atom. The first-order valence-corrected chi connectivity index (χ1v) is 5.71. The molecule has 0 saturated heterocycles. The second kappa shape index (κ2) is 3.51. The van der Waals surface area contributed by atoms with Crippen LogP contribution in [0.5, 0.6) is 5.88 Å². The van der Waals surface area contributed by atoms with Crippen LogP contribution in [-0.2, 0) is 9.05 Å². The van der Waals surface area contributed by atoms with Crippen molar-refractivity contribution in [2.75, 3.05) is 7.11 Å². The molecule has 1 rings (SSSR count). The Hall–Kier alpha value is -0.810. The van der Waals surface area contributed by atoms with Crippen LogP contribution in [0.15, 0.2) is 17.2 Å². The average molecular weight is 222 g/mol. The first kappa shape index (κ1) is 10.3. The molecule has 0 aliphatic carbocycles. The highest BCUT2D eigenvalue weighted by Crippen LogP contribution is 2.20. The summed E-state index contributed by atoms with van der Waals surface area (Å²) in [6, 6.07) is 1.51. The molecule has 0 aliphatic rings. The fraction of sp³-hybridized carbons (Fsp3) is 0.286. The quantitative estimate of drug-likeness (QED) is 0.707. The Bertz CT molecular complexity index is 416. The van der Waals surface area contributed by atoms with Crippen molar-refractivity contribution < 1.29 is 13.2 Å². The number of methoxy groups -OCH3 is 1. The van der Waals surface area contributed by atoms with Gasteiger partial charge in [0.1, 0.15) is 4.90 Å². The van der Waals surface area contributed by atoms with Gasteiger partial charge in [0.05, 0.1) is 13.3 Å². The molecule has 1 heterocycles. The fourth-order valence-electron chi connectivity index (χ4n) is 0.885. The van der Waals surface area contributed by atoms with E-state index in [0.717, 1.165) is 0 Å². The molecule has 0 unspecified atom stereocenters. The second-order valence-corrected chi connectivity index (χ2v) is 4.96. The lowest BCUT2D eigenvalue weighted by atomic mass is 10.3. The van der Waals surface area contributed by atoms with Gasteiger partial charge in [-0.2, -0.15) is 0 Å². The number of pyridine rings is 1. The molecule has 0 radical (unpaired) electrons. The molecule has 6 heteroatoms. The van der Waals surface area contributed by atoms with Gasteiger partial charge in [-0.25, -0.2) is 13.4 Å². The van der Waals surface area contributed by atoms with Gasteiger partial charge in [0.2, 0.25) is 5.88 Å². The van der Waals surface area contributed by atoms with Gasteiger partial charge >= 0.3 is 0 Å². The number of rotatable bonds is 2. The third kappa shape index (κ3) is 2.32. The lowest BCUT2D eigenvalue weighted by molar-refractivity contribution is 0.396. The Balaban J connectivity index is 3.29. The molecule has 72 valence electrons. The van der Waals surface area contributed by atoms with Gasteiger partial charge in [-0.3, -0.25) is 0 Å². The molecule has 0 bridgehead atoms. The number of aryl methyl sites for hydroxylation is 1. The highest BCUT2D eigenvalue weighted by molar-refractivity contribution is 8.13. The molecule has 4 nitrogen and oxygen atoms in total. The fourth-order valence-corrected chi connectivity index (χ4v) is 1.99. The molecule has 0 amide bonds. The molecule has 0 aliphatic heterocycles. The van der Waals surface area contributed by atoms with Crippen LogP contribution in [0.3, 0.4) is 0 Å². The Morgan fingerprint density at radius 3 is 2.54 bits per heavy atom. The van der Waals surface area contributed by atoms with Crippen molar-refractivity contribution in [1.82, 2.24) is 4.98 Å². The highest BCUT2D eigenvalue weighted by atomic mass is 35.7. The van der Waals surface area contributed by atoms with E-state index in [1.165, 1.54) is 19.4 Å². The van der Waals surface area contributed by atoms with Gasteiger partial charge in [0.15, 0.2) is 0 Å². The smallest absolute Gasteiger partial charge is 0.263 e. The molecule has 1 aromatic rings. The van der Waals surface area contributed by atoms with Crippen molar-refractivity contribution in [1.29, 1.82) is 0 Å². The van der Waals surface area contributed by atoms with Gasteiger partial charge in [-0.15, -0.1) is 0 Å². The number of hydrogen-bond acceptors (Lipinski definition) is 4. The van der Waals surface area contributed by atoms with E-state index < -0.39 is 9.05 Å². The topological polar surface area (TPSA) is 56.3 Å². The lowest BCUT2D eigenvalue weighted by Crippen LogP contribution is -1.97. The molecule has 0 aromatic carbocycles. The number of nitrogens with zero attached hydrogens (tertiary/aromatic N) is 1. The number of aromatic nitrogens is 1. The maximum absolute atomic E-state index is 10.9. The maximum Gasteiger partial charge on any atom is 0.263 e. The minimum atomic E-state index is -3.70. The lowest BCUT2D eigenvalue weighted by Gasteiger charge is -2.03.